The first-order valence-electron chi connectivity index (χ1n) is 12.2. The van der Waals surface area contributed by atoms with Crippen molar-refractivity contribution in [2.75, 3.05) is 31.5 Å². The Hall–Kier alpha value is -3.84. The molecule has 7 heteroatoms. The van der Waals surface area contributed by atoms with E-state index in [4.69, 9.17) is 0 Å². The summed E-state index contributed by atoms with van der Waals surface area (Å²) in [6.07, 6.45) is 1.76. The highest BCUT2D eigenvalue weighted by Crippen LogP contribution is 2.21. The van der Waals surface area contributed by atoms with E-state index in [1.165, 1.54) is 6.07 Å². The van der Waals surface area contributed by atoms with Gasteiger partial charge >= 0.3 is 0 Å². The number of rotatable bonds is 9. The number of amides is 2. The molecule has 2 N–H and O–H groups in total. The normalized spacial score (nSPS) is 14.2. The lowest BCUT2D eigenvalue weighted by Gasteiger charge is -2.30. The van der Waals surface area contributed by atoms with E-state index < -0.39 is 0 Å². The fraction of sp³-hybridized carbons (Fsp3) is 0.276. The van der Waals surface area contributed by atoms with Crippen LogP contribution in [0.5, 0.6) is 0 Å². The molecule has 1 heterocycles. The van der Waals surface area contributed by atoms with Gasteiger partial charge in [0.05, 0.1) is 12.2 Å². The summed E-state index contributed by atoms with van der Waals surface area (Å²) < 4.78 is 13.7. The Kier molecular flexibility index (Phi) is 8.57. The van der Waals surface area contributed by atoms with Gasteiger partial charge in [-0.3, -0.25) is 19.3 Å². The van der Waals surface area contributed by atoms with Crippen LogP contribution in [0.25, 0.3) is 0 Å². The van der Waals surface area contributed by atoms with Gasteiger partial charge in [-0.25, -0.2) is 4.39 Å². The van der Waals surface area contributed by atoms with Crippen LogP contribution in [0.15, 0.2) is 78.9 Å². The standard InChI is InChI=1S/C29H30FN3O3/c30-25-12-6-4-8-21(25)14-17-31-29(36)23-15-18-33(19-16-23)20-27(34)32-26-13-7-5-11-24(26)28(35)22-9-2-1-3-10-22/h1-13,23H,14-20H2,(H,31,36)(H,32,34). The van der Waals surface area contributed by atoms with Gasteiger partial charge in [-0.2, -0.15) is 0 Å². The molecule has 1 aliphatic heterocycles. The molecule has 0 radical (unpaired) electrons. The number of halogens is 1. The first-order valence-corrected chi connectivity index (χ1v) is 12.2. The van der Waals surface area contributed by atoms with E-state index in [1.807, 2.05) is 11.0 Å². The lowest BCUT2D eigenvalue weighted by atomic mass is 9.95. The average Bonchev–Trinajstić information content (AvgIpc) is 2.90. The molecule has 0 saturated carbocycles. The zero-order valence-corrected chi connectivity index (χ0v) is 20.1. The van der Waals surface area contributed by atoms with Gasteiger partial charge in [-0.1, -0.05) is 60.7 Å². The Morgan fingerprint density at radius 1 is 0.861 bits per heavy atom. The minimum Gasteiger partial charge on any atom is -0.356 e. The van der Waals surface area contributed by atoms with Crippen molar-refractivity contribution in [2.45, 2.75) is 19.3 Å². The van der Waals surface area contributed by atoms with E-state index in [0.717, 1.165) is 0 Å². The maximum absolute atomic E-state index is 13.7. The van der Waals surface area contributed by atoms with Gasteiger partial charge in [-0.15, -0.1) is 0 Å². The third kappa shape index (κ3) is 6.64. The number of benzene rings is 3. The number of likely N-dealkylation sites (tertiary alicyclic amines) is 1. The number of piperidine rings is 1. The number of ketones is 1. The number of hydrogen-bond donors (Lipinski definition) is 2. The largest absolute Gasteiger partial charge is 0.356 e. The van der Waals surface area contributed by atoms with Gasteiger partial charge in [-0.05, 0) is 56.1 Å². The molecule has 0 atom stereocenters. The van der Waals surface area contributed by atoms with Crippen molar-refractivity contribution in [1.82, 2.24) is 10.2 Å². The molecular formula is C29H30FN3O3. The van der Waals surface area contributed by atoms with Crippen molar-refractivity contribution in [3.8, 4) is 0 Å². The second-order valence-corrected chi connectivity index (χ2v) is 8.97. The molecule has 4 rings (SSSR count). The molecule has 0 spiro atoms. The molecule has 0 aliphatic carbocycles. The first-order chi connectivity index (χ1) is 17.5. The zero-order valence-electron chi connectivity index (χ0n) is 20.1. The molecule has 3 aromatic carbocycles. The van der Waals surface area contributed by atoms with E-state index in [0.29, 0.717) is 61.3 Å². The van der Waals surface area contributed by atoms with Gasteiger partial charge < -0.3 is 10.6 Å². The van der Waals surface area contributed by atoms with Crippen molar-refractivity contribution in [3.05, 3.63) is 101 Å². The van der Waals surface area contributed by atoms with Gasteiger partial charge in [0.1, 0.15) is 5.82 Å². The summed E-state index contributed by atoms with van der Waals surface area (Å²) >= 11 is 0. The number of anilines is 1. The molecule has 1 saturated heterocycles. The minimum atomic E-state index is -0.259. The van der Waals surface area contributed by atoms with E-state index in [2.05, 4.69) is 10.6 Å². The quantitative estimate of drug-likeness (QED) is 0.446. The number of carbonyl (C=O) groups excluding carboxylic acids is 3. The van der Waals surface area contributed by atoms with Crippen LogP contribution in [0.4, 0.5) is 10.1 Å². The van der Waals surface area contributed by atoms with Crippen molar-refractivity contribution in [3.63, 3.8) is 0 Å². The maximum Gasteiger partial charge on any atom is 0.238 e. The molecule has 2 amide bonds. The number of para-hydroxylation sites is 1. The molecule has 36 heavy (non-hydrogen) atoms. The predicted octanol–water partition coefficient (Wildman–Crippen LogP) is 4.07. The highest BCUT2D eigenvalue weighted by Gasteiger charge is 2.26. The molecule has 3 aromatic rings. The fourth-order valence-electron chi connectivity index (χ4n) is 4.45. The summed E-state index contributed by atoms with van der Waals surface area (Å²) in [6.45, 7) is 1.84. The van der Waals surface area contributed by atoms with E-state index in [1.54, 1.807) is 66.7 Å². The lowest BCUT2D eigenvalue weighted by Crippen LogP contribution is -2.43. The SMILES string of the molecule is O=C(CN1CCC(C(=O)NCCc2ccccc2F)CC1)Nc1ccccc1C(=O)c1ccccc1. The Morgan fingerprint density at radius 3 is 2.28 bits per heavy atom. The molecule has 1 fully saturated rings. The van der Waals surface area contributed by atoms with E-state index in [-0.39, 0.29) is 35.9 Å². The topological polar surface area (TPSA) is 78.5 Å². The van der Waals surface area contributed by atoms with E-state index >= 15 is 0 Å². The smallest absolute Gasteiger partial charge is 0.238 e. The lowest BCUT2D eigenvalue weighted by molar-refractivity contribution is -0.126. The molecule has 0 unspecified atom stereocenters. The van der Waals surface area contributed by atoms with Crippen molar-refractivity contribution in [2.24, 2.45) is 5.92 Å². The number of carbonyl (C=O) groups is 3. The Balaban J connectivity index is 1.23. The van der Waals surface area contributed by atoms with Crippen LogP contribution >= 0.6 is 0 Å². The summed E-state index contributed by atoms with van der Waals surface area (Å²) in [5.74, 6) is -0.743. The maximum atomic E-state index is 13.7. The Labute approximate surface area is 210 Å². The summed E-state index contributed by atoms with van der Waals surface area (Å²) in [5.41, 5.74) is 2.09. The molecular weight excluding hydrogens is 457 g/mol. The van der Waals surface area contributed by atoms with Gasteiger partial charge in [0, 0.05) is 23.6 Å². The number of hydrogen-bond acceptors (Lipinski definition) is 4. The molecule has 0 bridgehead atoms. The van der Waals surface area contributed by atoms with Gasteiger partial charge in [0.15, 0.2) is 5.78 Å². The summed E-state index contributed by atoms with van der Waals surface area (Å²) in [7, 11) is 0. The van der Waals surface area contributed by atoms with Crippen LogP contribution < -0.4 is 10.6 Å². The van der Waals surface area contributed by atoms with E-state index in [9.17, 15) is 18.8 Å². The van der Waals surface area contributed by atoms with Crippen LogP contribution in [0.3, 0.4) is 0 Å². The third-order valence-electron chi connectivity index (χ3n) is 6.46. The number of nitrogens with one attached hydrogen (secondary N) is 2. The van der Waals surface area contributed by atoms with Crippen molar-refractivity contribution >= 4 is 23.3 Å². The van der Waals surface area contributed by atoms with Crippen LogP contribution in [0, 0.1) is 11.7 Å². The molecule has 186 valence electrons. The highest BCUT2D eigenvalue weighted by molar-refractivity contribution is 6.13. The van der Waals surface area contributed by atoms with Crippen LogP contribution in [0.2, 0.25) is 0 Å². The molecule has 6 nitrogen and oxygen atoms in total. The third-order valence-corrected chi connectivity index (χ3v) is 6.46. The second-order valence-electron chi connectivity index (χ2n) is 8.97. The summed E-state index contributed by atoms with van der Waals surface area (Å²) in [4.78, 5) is 40.2. The fourth-order valence-corrected chi connectivity index (χ4v) is 4.45. The second kappa shape index (κ2) is 12.2. The van der Waals surface area contributed by atoms with Crippen molar-refractivity contribution in [1.29, 1.82) is 0 Å². The Morgan fingerprint density at radius 2 is 1.53 bits per heavy atom. The van der Waals surface area contributed by atoms with Crippen LogP contribution in [0.1, 0.15) is 34.3 Å². The van der Waals surface area contributed by atoms with Crippen molar-refractivity contribution < 1.29 is 18.8 Å². The Bertz CT molecular complexity index is 1210. The molecule has 0 aromatic heterocycles. The monoisotopic (exact) mass is 487 g/mol. The molecule has 1 aliphatic rings. The zero-order chi connectivity index (χ0) is 25.3. The number of nitrogens with zero attached hydrogens (tertiary/aromatic N) is 1. The predicted molar refractivity (Wildman–Crippen MR) is 137 cm³/mol. The average molecular weight is 488 g/mol. The first kappa shape index (κ1) is 25.3. The highest BCUT2D eigenvalue weighted by atomic mass is 19.1. The summed E-state index contributed by atoms with van der Waals surface area (Å²) in [5, 5.41) is 5.79. The van der Waals surface area contributed by atoms with Gasteiger partial charge in [0.25, 0.3) is 0 Å². The summed E-state index contributed by atoms with van der Waals surface area (Å²) in [6, 6.07) is 22.5. The minimum absolute atomic E-state index is 0.0243. The van der Waals surface area contributed by atoms with Crippen LogP contribution in [-0.2, 0) is 16.0 Å². The van der Waals surface area contributed by atoms with Crippen LogP contribution in [-0.4, -0.2) is 48.7 Å². The van der Waals surface area contributed by atoms with Gasteiger partial charge in [0.2, 0.25) is 11.8 Å².